The van der Waals surface area contributed by atoms with Crippen LogP contribution in [-0.4, -0.2) is 64.1 Å². The fourth-order valence-electron chi connectivity index (χ4n) is 2.74. The number of esters is 1. The van der Waals surface area contributed by atoms with Crippen LogP contribution in [0.3, 0.4) is 0 Å². The number of rotatable bonds is 3. The Hall–Kier alpha value is -0.670. The third-order valence-electron chi connectivity index (χ3n) is 3.89. The molecule has 0 amide bonds. The predicted octanol–water partition coefficient (Wildman–Crippen LogP) is -0.612. The number of carbonyl (C=O) groups excluding carboxylic acids is 1. The Kier molecular flexibility index (Phi) is 4.41. The van der Waals surface area contributed by atoms with Gasteiger partial charge in [0.25, 0.3) is 0 Å². The molecule has 2 atom stereocenters. The summed E-state index contributed by atoms with van der Waals surface area (Å²) in [6, 6.07) is 0. The lowest BCUT2D eigenvalue weighted by molar-refractivity contribution is -0.146. The molecular weight excluding hydrogens is 306 g/mol. The quantitative estimate of drug-likeness (QED) is 0.642. The molecule has 0 aromatic carbocycles. The van der Waals surface area contributed by atoms with E-state index < -0.39 is 37.0 Å². The molecule has 20 heavy (non-hydrogen) atoms. The van der Waals surface area contributed by atoms with E-state index in [-0.39, 0.29) is 24.5 Å². The van der Waals surface area contributed by atoms with Crippen LogP contribution in [0.1, 0.15) is 19.3 Å². The summed E-state index contributed by atoms with van der Waals surface area (Å²) in [6.07, 6.45) is 1.32. The minimum atomic E-state index is -3.66. The highest BCUT2D eigenvalue weighted by atomic mass is 32.2. The van der Waals surface area contributed by atoms with Gasteiger partial charge >= 0.3 is 5.97 Å². The van der Waals surface area contributed by atoms with Gasteiger partial charge in [0.1, 0.15) is 0 Å². The van der Waals surface area contributed by atoms with Crippen LogP contribution in [0.15, 0.2) is 0 Å². The van der Waals surface area contributed by atoms with Gasteiger partial charge in [-0.1, -0.05) is 0 Å². The van der Waals surface area contributed by atoms with Crippen molar-refractivity contribution in [2.24, 2.45) is 5.92 Å². The number of nitrogens with zero attached hydrogens (tertiary/aromatic N) is 1. The van der Waals surface area contributed by atoms with Gasteiger partial charge in [0.05, 0.1) is 29.8 Å². The molecule has 0 saturated carbocycles. The molecule has 2 fully saturated rings. The minimum Gasteiger partial charge on any atom is -0.469 e. The highest BCUT2D eigenvalue weighted by Gasteiger charge is 2.42. The van der Waals surface area contributed by atoms with Gasteiger partial charge < -0.3 is 4.74 Å². The van der Waals surface area contributed by atoms with Gasteiger partial charge in [0.2, 0.25) is 10.0 Å². The number of methoxy groups -OCH3 is 1. The van der Waals surface area contributed by atoms with Crippen molar-refractivity contribution in [3.05, 3.63) is 0 Å². The van der Waals surface area contributed by atoms with Crippen molar-refractivity contribution in [3.63, 3.8) is 0 Å². The average Bonchev–Trinajstić information content (AvgIpc) is 2.79. The van der Waals surface area contributed by atoms with Crippen LogP contribution in [0.5, 0.6) is 0 Å². The summed E-state index contributed by atoms with van der Waals surface area (Å²) in [5, 5.41) is -0.871. The number of sulfone groups is 1. The fraction of sp³-hybridized carbons (Fsp3) is 0.909. The molecular formula is C11H19NO6S2. The number of ether oxygens (including phenoxy) is 1. The largest absolute Gasteiger partial charge is 0.469 e. The van der Waals surface area contributed by atoms with Crippen LogP contribution in [0.2, 0.25) is 0 Å². The summed E-state index contributed by atoms with van der Waals surface area (Å²) in [4.78, 5) is 11.5. The molecule has 2 aliphatic rings. The summed E-state index contributed by atoms with van der Waals surface area (Å²) in [6.45, 7) is 0.429. The van der Waals surface area contributed by atoms with Crippen molar-refractivity contribution in [1.82, 2.24) is 4.31 Å². The van der Waals surface area contributed by atoms with E-state index in [0.717, 1.165) is 0 Å². The van der Waals surface area contributed by atoms with Gasteiger partial charge in [-0.2, -0.15) is 0 Å². The lowest BCUT2D eigenvalue weighted by atomic mass is 10.0. The van der Waals surface area contributed by atoms with Crippen molar-refractivity contribution in [2.75, 3.05) is 31.7 Å². The molecule has 2 saturated heterocycles. The van der Waals surface area contributed by atoms with Gasteiger partial charge in [-0.15, -0.1) is 0 Å². The molecule has 0 spiro atoms. The Morgan fingerprint density at radius 2 is 2.00 bits per heavy atom. The second kappa shape index (κ2) is 5.61. The maximum atomic E-state index is 12.4. The molecule has 116 valence electrons. The van der Waals surface area contributed by atoms with Crippen LogP contribution in [-0.2, 0) is 29.4 Å². The van der Waals surface area contributed by atoms with E-state index in [1.54, 1.807) is 0 Å². The van der Waals surface area contributed by atoms with E-state index in [0.29, 0.717) is 19.4 Å². The van der Waals surface area contributed by atoms with Crippen LogP contribution in [0.4, 0.5) is 0 Å². The van der Waals surface area contributed by atoms with Gasteiger partial charge in [-0.05, 0) is 19.3 Å². The second-order valence-corrected chi connectivity index (χ2v) is 9.73. The summed E-state index contributed by atoms with van der Waals surface area (Å²) < 4.78 is 53.7. The van der Waals surface area contributed by atoms with Crippen molar-refractivity contribution < 1.29 is 26.4 Å². The maximum Gasteiger partial charge on any atom is 0.309 e. The Bertz CT molecular complexity index is 582. The Morgan fingerprint density at radius 3 is 2.55 bits per heavy atom. The highest BCUT2D eigenvalue weighted by molar-refractivity contribution is 7.95. The molecule has 2 rings (SSSR count). The van der Waals surface area contributed by atoms with Crippen LogP contribution in [0, 0.1) is 5.92 Å². The first-order valence-corrected chi connectivity index (χ1v) is 9.86. The molecule has 0 N–H and O–H groups in total. The normalized spacial score (nSPS) is 31.1. The summed E-state index contributed by atoms with van der Waals surface area (Å²) in [5.74, 6) is -1.26. The van der Waals surface area contributed by atoms with Crippen molar-refractivity contribution in [2.45, 2.75) is 24.5 Å². The third kappa shape index (κ3) is 3.15. The first-order valence-electron chi connectivity index (χ1n) is 6.53. The zero-order valence-corrected chi connectivity index (χ0v) is 13.0. The van der Waals surface area contributed by atoms with Crippen LogP contribution >= 0.6 is 0 Å². The average molecular weight is 325 g/mol. The predicted molar refractivity (Wildman–Crippen MR) is 72.3 cm³/mol. The lowest BCUT2D eigenvalue weighted by Crippen LogP contribution is -2.46. The van der Waals surface area contributed by atoms with E-state index >= 15 is 0 Å². The molecule has 0 aromatic heterocycles. The third-order valence-corrected chi connectivity index (χ3v) is 8.17. The molecule has 2 aliphatic heterocycles. The SMILES string of the molecule is COC(=O)C1CCCN(S(=O)(=O)C2CCS(=O)(=O)C2)C1. The first-order chi connectivity index (χ1) is 9.26. The van der Waals surface area contributed by atoms with Gasteiger partial charge in [-0.25, -0.2) is 21.1 Å². The van der Waals surface area contributed by atoms with E-state index in [9.17, 15) is 21.6 Å². The minimum absolute atomic E-state index is 0.0782. The molecule has 7 nitrogen and oxygen atoms in total. The molecule has 0 radical (unpaired) electrons. The van der Waals surface area contributed by atoms with Crippen LogP contribution < -0.4 is 0 Å². The standard InChI is InChI=1S/C11H19NO6S2/c1-18-11(13)9-3-2-5-12(7-9)20(16,17)10-4-6-19(14,15)8-10/h9-10H,2-8H2,1H3. The molecule has 0 aliphatic carbocycles. The van der Waals surface area contributed by atoms with Crippen molar-refractivity contribution in [3.8, 4) is 0 Å². The first kappa shape index (κ1) is 15.7. The Morgan fingerprint density at radius 1 is 1.30 bits per heavy atom. The fourth-order valence-corrected chi connectivity index (χ4v) is 7.35. The smallest absolute Gasteiger partial charge is 0.309 e. The van der Waals surface area contributed by atoms with E-state index in [1.807, 2.05) is 0 Å². The van der Waals surface area contributed by atoms with Gasteiger partial charge in [0, 0.05) is 13.1 Å². The number of hydrogen-bond acceptors (Lipinski definition) is 6. The number of sulfonamides is 1. The second-order valence-electron chi connectivity index (χ2n) is 5.29. The van der Waals surface area contributed by atoms with E-state index in [4.69, 9.17) is 0 Å². The zero-order chi connectivity index (χ0) is 15.0. The monoisotopic (exact) mass is 325 g/mol. The Labute approximate surface area is 119 Å². The summed E-state index contributed by atoms with van der Waals surface area (Å²) in [5.41, 5.74) is 0. The number of carbonyl (C=O) groups is 1. The zero-order valence-electron chi connectivity index (χ0n) is 11.3. The van der Waals surface area contributed by atoms with Gasteiger partial charge in [-0.3, -0.25) is 4.79 Å². The molecule has 0 bridgehead atoms. The topological polar surface area (TPSA) is 97.8 Å². The van der Waals surface area contributed by atoms with Crippen molar-refractivity contribution in [1.29, 1.82) is 0 Å². The Balaban J connectivity index is 2.12. The number of hydrogen-bond donors (Lipinski definition) is 0. The van der Waals surface area contributed by atoms with Gasteiger partial charge in [0.15, 0.2) is 9.84 Å². The molecule has 0 aromatic rings. The summed E-state index contributed by atoms with van der Waals surface area (Å²) >= 11 is 0. The summed E-state index contributed by atoms with van der Waals surface area (Å²) in [7, 11) is -5.63. The molecule has 2 heterocycles. The molecule has 2 unspecified atom stereocenters. The van der Waals surface area contributed by atoms with Crippen molar-refractivity contribution >= 4 is 25.8 Å². The maximum absolute atomic E-state index is 12.4. The van der Waals surface area contributed by atoms with E-state index in [1.165, 1.54) is 11.4 Å². The highest BCUT2D eigenvalue weighted by Crippen LogP contribution is 2.26. The molecule has 9 heteroatoms. The number of piperidine rings is 1. The van der Waals surface area contributed by atoms with E-state index in [2.05, 4.69) is 4.74 Å². The lowest BCUT2D eigenvalue weighted by Gasteiger charge is -2.32. The van der Waals surface area contributed by atoms with Crippen LogP contribution in [0.25, 0.3) is 0 Å².